The Morgan fingerprint density at radius 2 is 2.18 bits per heavy atom. The summed E-state index contributed by atoms with van der Waals surface area (Å²) in [5.74, 6) is -0.825. The van der Waals surface area contributed by atoms with E-state index < -0.39 is 11.4 Å². The normalized spacial score (nSPS) is 12.0. The highest BCUT2D eigenvalue weighted by atomic mass is 35.5. The van der Waals surface area contributed by atoms with E-state index in [0.717, 1.165) is 15.7 Å². The topological polar surface area (TPSA) is 110 Å². The number of nitrogens with zero attached hydrogens (tertiary/aromatic N) is 5. The molecule has 8 heteroatoms. The molecule has 0 aliphatic carbocycles. The van der Waals surface area contributed by atoms with Crippen molar-refractivity contribution >= 4 is 28.4 Å². The average molecular weight is 313 g/mol. The predicted octanol–water partition coefficient (Wildman–Crippen LogP) is 1.58. The largest absolute Gasteiger partial charge is 0.364 e. The minimum Gasteiger partial charge on any atom is -0.364 e. The number of nitriles is 1. The van der Waals surface area contributed by atoms with Crippen LogP contribution in [0, 0.1) is 11.3 Å². The summed E-state index contributed by atoms with van der Waals surface area (Å²) in [6.07, 6.45) is 1.70. The molecule has 3 aromatic rings. The van der Waals surface area contributed by atoms with E-state index in [1.54, 1.807) is 18.3 Å². The van der Waals surface area contributed by atoms with Gasteiger partial charge in [0, 0.05) is 11.6 Å². The Labute approximate surface area is 129 Å². The third kappa shape index (κ3) is 2.36. The van der Waals surface area contributed by atoms with Gasteiger partial charge in [0.25, 0.3) is 5.91 Å². The molecule has 3 rings (SSSR count). The van der Waals surface area contributed by atoms with Gasteiger partial charge in [0.05, 0.1) is 5.52 Å². The van der Waals surface area contributed by atoms with Gasteiger partial charge >= 0.3 is 0 Å². The molecule has 0 spiro atoms. The highest BCUT2D eigenvalue weighted by Gasteiger charge is 2.20. The maximum atomic E-state index is 11.2. The number of pyridine rings is 1. The van der Waals surface area contributed by atoms with Crippen LogP contribution in [0.2, 0.25) is 0 Å². The highest BCUT2D eigenvalue weighted by molar-refractivity contribution is 6.20. The number of fused-ring (bicyclic) bond motifs is 1. The second-order valence-electron chi connectivity index (χ2n) is 4.48. The van der Waals surface area contributed by atoms with Crippen LogP contribution in [0.1, 0.15) is 27.2 Å². The Morgan fingerprint density at radius 3 is 2.86 bits per heavy atom. The van der Waals surface area contributed by atoms with E-state index in [1.807, 2.05) is 24.3 Å². The number of nitrogens with two attached hydrogens (primary N) is 1. The van der Waals surface area contributed by atoms with Crippen molar-refractivity contribution < 1.29 is 4.79 Å². The number of carbonyl (C=O) groups is 1. The Kier molecular flexibility index (Phi) is 3.45. The fraction of sp³-hybridized carbons (Fsp3) is 0.0714. The van der Waals surface area contributed by atoms with Gasteiger partial charge in [-0.1, -0.05) is 23.7 Å². The molecule has 0 bridgehead atoms. The van der Waals surface area contributed by atoms with Gasteiger partial charge in [0.1, 0.15) is 6.07 Å². The van der Waals surface area contributed by atoms with Crippen molar-refractivity contribution in [3.05, 3.63) is 53.5 Å². The molecule has 1 unspecified atom stereocenters. The smallest absolute Gasteiger partial charge is 0.272 e. The summed E-state index contributed by atoms with van der Waals surface area (Å²) in [5.41, 5.74) is 5.57. The molecular weight excluding hydrogens is 304 g/mol. The zero-order valence-corrected chi connectivity index (χ0v) is 11.9. The number of primary amides is 1. The fourth-order valence-corrected chi connectivity index (χ4v) is 2.26. The molecule has 7 nitrogen and oxygen atoms in total. The van der Waals surface area contributed by atoms with Crippen LogP contribution in [-0.2, 0) is 0 Å². The van der Waals surface area contributed by atoms with Crippen molar-refractivity contribution in [1.29, 1.82) is 5.26 Å². The second-order valence-corrected chi connectivity index (χ2v) is 4.90. The van der Waals surface area contributed by atoms with Crippen LogP contribution in [-0.4, -0.2) is 25.9 Å². The molecule has 0 saturated heterocycles. The number of hydrogen-bond donors (Lipinski definition) is 1. The number of alkyl halides is 1. The van der Waals surface area contributed by atoms with E-state index in [1.165, 1.54) is 0 Å². The maximum absolute atomic E-state index is 11.2. The molecule has 0 fully saturated rings. The van der Waals surface area contributed by atoms with Crippen molar-refractivity contribution in [1.82, 2.24) is 20.0 Å². The fourth-order valence-electron chi connectivity index (χ4n) is 2.04. The van der Waals surface area contributed by atoms with Gasteiger partial charge in [-0.3, -0.25) is 9.78 Å². The number of hydrogen-bond acceptors (Lipinski definition) is 5. The monoisotopic (exact) mass is 312 g/mol. The van der Waals surface area contributed by atoms with E-state index in [2.05, 4.69) is 15.2 Å². The lowest BCUT2D eigenvalue weighted by Gasteiger charge is -2.09. The molecule has 1 amide bonds. The van der Waals surface area contributed by atoms with Gasteiger partial charge in [0.15, 0.2) is 16.9 Å². The first-order valence-corrected chi connectivity index (χ1v) is 6.69. The van der Waals surface area contributed by atoms with Gasteiger partial charge in [-0.25, -0.2) is 0 Å². The SMILES string of the molecule is N#Cc1nn(C(Cl)c2ccc3ncccc3c2)nc1C(N)=O. The van der Waals surface area contributed by atoms with Crippen LogP contribution in [0.25, 0.3) is 10.9 Å². The molecular formula is C14H9ClN6O. The number of halogens is 1. The molecule has 0 aliphatic rings. The number of amides is 1. The van der Waals surface area contributed by atoms with Crippen LogP contribution >= 0.6 is 11.6 Å². The first-order valence-electron chi connectivity index (χ1n) is 6.25. The van der Waals surface area contributed by atoms with Gasteiger partial charge in [0.2, 0.25) is 0 Å². The summed E-state index contributed by atoms with van der Waals surface area (Å²) in [4.78, 5) is 16.6. The molecule has 108 valence electrons. The van der Waals surface area contributed by atoms with E-state index in [9.17, 15) is 4.79 Å². The van der Waals surface area contributed by atoms with Gasteiger partial charge in [-0.15, -0.1) is 10.2 Å². The van der Waals surface area contributed by atoms with Crippen molar-refractivity contribution in [3.63, 3.8) is 0 Å². The number of aromatic nitrogens is 4. The summed E-state index contributed by atoms with van der Waals surface area (Å²) < 4.78 is 0. The van der Waals surface area contributed by atoms with Gasteiger partial charge in [-0.05, 0) is 23.8 Å². The molecule has 2 aromatic heterocycles. The lowest BCUT2D eigenvalue weighted by atomic mass is 10.1. The van der Waals surface area contributed by atoms with Gasteiger partial charge in [-0.2, -0.15) is 10.1 Å². The molecule has 0 radical (unpaired) electrons. The standard InChI is InChI=1S/C14H9ClN6O/c15-13(21-19-11(7-16)12(20-21)14(17)22)9-3-4-10-8(6-9)2-1-5-18-10/h1-6,13H,(H2,17,22). The number of benzene rings is 1. The molecule has 2 N–H and O–H groups in total. The van der Waals surface area contributed by atoms with E-state index in [0.29, 0.717) is 5.56 Å². The zero-order chi connectivity index (χ0) is 15.7. The van der Waals surface area contributed by atoms with E-state index >= 15 is 0 Å². The van der Waals surface area contributed by atoms with Crippen LogP contribution in [0.5, 0.6) is 0 Å². The summed E-state index contributed by atoms with van der Waals surface area (Å²) in [6.45, 7) is 0. The first-order chi connectivity index (χ1) is 10.6. The quantitative estimate of drug-likeness (QED) is 0.738. The summed E-state index contributed by atoms with van der Waals surface area (Å²) in [6, 6.07) is 10.9. The van der Waals surface area contributed by atoms with Crippen molar-refractivity contribution in [2.45, 2.75) is 5.50 Å². The summed E-state index contributed by atoms with van der Waals surface area (Å²) >= 11 is 6.33. The number of carbonyl (C=O) groups excluding carboxylic acids is 1. The van der Waals surface area contributed by atoms with Crippen molar-refractivity contribution in [3.8, 4) is 6.07 Å². The minimum atomic E-state index is -0.825. The average Bonchev–Trinajstić information content (AvgIpc) is 2.98. The van der Waals surface area contributed by atoms with Gasteiger partial charge < -0.3 is 5.73 Å². The maximum Gasteiger partial charge on any atom is 0.272 e. The first kappa shape index (κ1) is 14.0. The Morgan fingerprint density at radius 1 is 1.36 bits per heavy atom. The van der Waals surface area contributed by atoms with Crippen LogP contribution in [0.15, 0.2) is 36.5 Å². The second kappa shape index (κ2) is 5.42. The Hall–Kier alpha value is -2.98. The third-order valence-electron chi connectivity index (χ3n) is 3.07. The molecule has 0 aliphatic heterocycles. The summed E-state index contributed by atoms with van der Waals surface area (Å²) in [5, 5.41) is 17.7. The van der Waals surface area contributed by atoms with E-state index in [-0.39, 0.29) is 11.4 Å². The van der Waals surface area contributed by atoms with E-state index in [4.69, 9.17) is 22.6 Å². The Balaban J connectivity index is 2.04. The molecule has 1 atom stereocenters. The lowest BCUT2D eigenvalue weighted by molar-refractivity contribution is 0.0994. The third-order valence-corrected chi connectivity index (χ3v) is 3.50. The van der Waals surface area contributed by atoms with Crippen LogP contribution in [0.4, 0.5) is 0 Å². The highest BCUT2D eigenvalue weighted by Crippen LogP contribution is 2.25. The zero-order valence-electron chi connectivity index (χ0n) is 11.1. The number of rotatable bonds is 3. The van der Waals surface area contributed by atoms with Crippen LogP contribution < -0.4 is 5.73 Å². The molecule has 22 heavy (non-hydrogen) atoms. The molecule has 0 saturated carbocycles. The predicted molar refractivity (Wildman–Crippen MR) is 79.0 cm³/mol. The van der Waals surface area contributed by atoms with Crippen LogP contribution in [0.3, 0.4) is 0 Å². The van der Waals surface area contributed by atoms with Crippen molar-refractivity contribution in [2.75, 3.05) is 0 Å². The molecule has 1 aromatic carbocycles. The Bertz CT molecular complexity index is 913. The summed E-state index contributed by atoms with van der Waals surface area (Å²) in [7, 11) is 0. The minimum absolute atomic E-state index is 0.152. The molecule has 2 heterocycles. The lowest BCUT2D eigenvalue weighted by Crippen LogP contribution is -2.14. The van der Waals surface area contributed by atoms with Crippen molar-refractivity contribution in [2.24, 2.45) is 5.73 Å².